The molecule has 0 radical (unpaired) electrons. The highest BCUT2D eigenvalue weighted by molar-refractivity contribution is 5.81. The third-order valence-corrected chi connectivity index (χ3v) is 4.44. The van der Waals surface area contributed by atoms with Gasteiger partial charge in [-0.2, -0.15) is 13.2 Å². The molecular weight excluding hydrogens is 283 g/mol. The molecule has 0 unspecified atom stereocenters. The van der Waals surface area contributed by atoms with Gasteiger partial charge in [0.25, 0.3) is 0 Å². The van der Waals surface area contributed by atoms with Gasteiger partial charge in [0.15, 0.2) is 0 Å². The second-order valence-corrected chi connectivity index (χ2v) is 5.95. The molecule has 0 spiro atoms. The summed E-state index contributed by atoms with van der Waals surface area (Å²) in [5.41, 5.74) is 0. The van der Waals surface area contributed by atoms with E-state index in [2.05, 4.69) is 4.90 Å². The van der Waals surface area contributed by atoms with E-state index in [0.717, 1.165) is 25.9 Å². The molecule has 7 heteroatoms. The van der Waals surface area contributed by atoms with Gasteiger partial charge in [0.2, 0.25) is 5.91 Å². The Hall–Kier alpha value is -0.820. The number of amides is 1. The minimum absolute atomic E-state index is 0.0613. The van der Waals surface area contributed by atoms with Crippen LogP contribution in [0, 0.1) is 0 Å². The lowest BCUT2D eigenvalue weighted by molar-refractivity contribution is -0.140. The number of halogens is 3. The Bertz CT molecular complexity index is 348. The lowest BCUT2D eigenvalue weighted by Gasteiger charge is -2.38. The quantitative estimate of drug-likeness (QED) is 0.789. The van der Waals surface area contributed by atoms with E-state index in [4.69, 9.17) is 0 Å². The summed E-state index contributed by atoms with van der Waals surface area (Å²) < 4.78 is 36.6. The number of hydrogen-bond donors (Lipinski definition) is 0. The summed E-state index contributed by atoms with van der Waals surface area (Å²) in [6.07, 6.45) is -2.70. The van der Waals surface area contributed by atoms with E-state index >= 15 is 0 Å². The van der Waals surface area contributed by atoms with Crippen molar-refractivity contribution in [2.75, 3.05) is 45.8 Å². The Kier molecular flexibility index (Phi) is 5.48. The first-order chi connectivity index (χ1) is 9.87. The fourth-order valence-corrected chi connectivity index (χ4v) is 3.02. The topological polar surface area (TPSA) is 26.8 Å². The third-order valence-electron chi connectivity index (χ3n) is 4.44. The minimum Gasteiger partial charge on any atom is -0.341 e. The summed E-state index contributed by atoms with van der Waals surface area (Å²) in [4.78, 5) is 18.1. The molecule has 122 valence electrons. The largest absolute Gasteiger partial charge is 0.390 e. The maximum atomic E-state index is 12.3. The first kappa shape index (κ1) is 16.5. The van der Waals surface area contributed by atoms with Crippen molar-refractivity contribution in [2.24, 2.45) is 0 Å². The SMILES string of the molecule is C[C@H](C(=O)N1CCCC1)N1CCN(CCC(F)(F)F)CC1. The van der Waals surface area contributed by atoms with Crippen LogP contribution in [0.15, 0.2) is 0 Å². The van der Waals surface area contributed by atoms with Crippen LogP contribution in [-0.4, -0.2) is 78.6 Å². The fourth-order valence-electron chi connectivity index (χ4n) is 3.02. The van der Waals surface area contributed by atoms with Crippen LogP contribution >= 0.6 is 0 Å². The van der Waals surface area contributed by atoms with Gasteiger partial charge in [-0.3, -0.25) is 9.69 Å². The summed E-state index contributed by atoms with van der Waals surface area (Å²) in [5.74, 6) is 0.163. The molecule has 0 aromatic heterocycles. The summed E-state index contributed by atoms with van der Waals surface area (Å²) in [6, 6.07) is -0.159. The molecule has 0 saturated carbocycles. The monoisotopic (exact) mass is 307 g/mol. The highest BCUT2D eigenvalue weighted by atomic mass is 19.4. The van der Waals surface area contributed by atoms with Crippen LogP contribution in [0.4, 0.5) is 13.2 Å². The smallest absolute Gasteiger partial charge is 0.341 e. The normalized spacial score (nSPS) is 23.5. The van der Waals surface area contributed by atoms with Crippen molar-refractivity contribution in [3.05, 3.63) is 0 Å². The van der Waals surface area contributed by atoms with E-state index in [1.54, 1.807) is 0 Å². The Morgan fingerprint density at radius 1 is 1.05 bits per heavy atom. The Balaban J connectivity index is 1.74. The molecule has 2 aliphatic rings. The molecule has 2 heterocycles. The van der Waals surface area contributed by atoms with Gasteiger partial charge in [0.1, 0.15) is 0 Å². The van der Waals surface area contributed by atoms with Crippen LogP contribution in [0.3, 0.4) is 0 Å². The van der Waals surface area contributed by atoms with Gasteiger partial charge in [-0.25, -0.2) is 0 Å². The molecule has 2 fully saturated rings. The van der Waals surface area contributed by atoms with E-state index in [1.807, 2.05) is 16.7 Å². The Morgan fingerprint density at radius 2 is 1.62 bits per heavy atom. The van der Waals surface area contributed by atoms with Crippen LogP contribution in [0.1, 0.15) is 26.2 Å². The van der Waals surface area contributed by atoms with E-state index < -0.39 is 12.6 Å². The molecule has 1 atom stereocenters. The van der Waals surface area contributed by atoms with Gasteiger partial charge in [-0.05, 0) is 19.8 Å². The van der Waals surface area contributed by atoms with Gasteiger partial charge >= 0.3 is 6.18 Å². The first-order valence-electron chi connectivity index (χ1n) is 7.69. The summed E-state index contributed by atoms with van der Waals surface area (Å²) >= 11 is 0. The summed E-state index contributed by atoms with van der Waals surface area (Å²) in [6.45, 7) is 6.19. The molecule has 0 bridgehead atoms. The van der Waals surface area contributed by atoms with Gasteiger partial charge < -0.3 is 9.80 Å². The van der Waals surface area contributed by atoms with Gasteiger partial charge in [0, 0.05) is 45.8 Å². The summed E-state index contributed by atoms with van der Waals surface area (Å²) in [7, 11) is 0. The van der Waals surface area contributed by atoms with Crippen LogP contribution < -0.4 is 0 Å². The molecule has 0 aromatic carbocycles. The molecule has 0 aliphatic carbocycles. The molecule has 2 aliphatic heterocycles. The number of carbonyl (C=O) groups excluding carboxylic acids is 1. The van der Waals surface area contributed by atoms with Crippen molar-refractivity contribution in [3.63, 3.8) is 0 Å². The lowest BCUT2D eigenvalue weighted by Crippen LogP contribution is -2.54. The number of nitrogens with zero attached hydrogens (tertiary/aromatic N) is 3. The standard InChI is InChI=1S/C14H24F3N3O/c1-12(13(21)20-5-2-3-6-20)19-10-8-18(9-11-19)7-4-14(15,16)17/h12H,2-11H2,1H3/t12-/m1/s1. The van der Waals surface area contributed by atoms with Gasteiger partial charge in [-0.1, -0.05) is 0 Å². The van der Waals surface area contributed by atoms with Crippen molar-refractivity contribution >= 4 is 5.91 Å². The highest BCUT2D eigenvalue weighted by Gasteiger charge is 2.32. The van der Waals surface area contributed by atoms with Crippen molar-refractivity contribution in [2.45, 2.75) is 38.4 Å². The van der Waals surface area contributed by atoms with Crippen LogP contribution in [0.5, 0.6) is 0 Å². The van der Waals surface area contributed by atoms with Gasteiger partial charge in [0.05, 0.1) is 12.5 Å². The zero-order valence-corrected chi connectivity index (χ0v) is 12.5. The number of carbonyl (C=O) groups is 1. The van der Waals surface area contributed by atoms with Crippen molar-refractivity contribution in [1.29, 1.82) is 0 Å². The van der Waals surface area contributed by atoms with Gasteiger partial charge in [-0.15, -0.1) is 0 Å². The zero-order chi connectivity index (χ0) is 15.5. The predicted octanol–water partition coefficient (Wildman–Crippen LogP) is 1.57. The van der Waals surface area contributed by atoms with E-state index in [9.17, 15) is 18.0 Å². The third kappa shape index (κ3) is 4.85. The molecule has 0 N–H and O–H groups in total. The number of likely N-dealkylation sites (tertiary alicyclic amines) is 1. The molecule has 21 heavy (non-hydrogen) atoms. The minimum atomic E-state index is -4.09. The number of piperazine rings is 1. The average Bonchev–Trinajstić information content (AvgIpc) is 2.97. The molecule has 0 aromatic rings. The number of alkyl halides is 3. The van der Waals surface area contributed by atoms with Crippen LogP contribution in [0.25, 0.3) is 0 Å². The zero-order valence-electron chi connectivity index (χ0n) is 12.5. The van der Waals surface area contributed by atoms with E-state index in [0.29, 0.717) is 26.2 Å². The first-order valence-corrected chi connectivity index (χ1v) is 7.69. The Morgan fingerprint density at radius 3 is 2.14 bits per heavy atom. The molecule has 4 nitrogen and oxygen atoms in total. The predicted molar refractivity (Wildman–Crippen MR) is 74.0 cm³/mol. The van der Waals surface area contributed by atoms with E-state index in [-0.39, 0.29) is 18.5 Å². The summed E-state index contributed by atoms with van der Waals surface area (Å²) in [5, 5.41) is 0. The maximum Gasteiger partial charge on any atom is 0.390 e. The average molecular weight is 307 g/mol. The second-order valence-electron chi connectivity index (χ2n) is 5.95. The Labute approximate surface area is 123 Å². The molecular formula is C14H24F3N3O. The molecule has 1 amide bonds. The van der Waals surface area contributed by atoms with Crippen LogP contribution in [0.2, 0.25) is 0 Å². The van der Waals surface area contributed by atoms with Crippen molar-refractivity contribution < 1.29 is 18.0 Å². The highest BCUT2D eigenvalue weighted by Crippen LogP contribution is 2.20. The fraction of sp³-hybridized carbons (Fsp3) is 0.929. The maximum absolute atomic E-state index is 12.3. The molecule has 2 rings (SSSR count). The number of rotatable bonds is 4. The van der Waals surface area contributed by atoms with Crippen molar-refractivity contribution in [3.8, 4) is 0 Å². The van der Waals surface area contributed by atoms with Crippen molar-refractivity contribution in [1.82, 2.24) is 14.7 Å². The van der Waals surface area contributed by atoms with Crippen LogP contribution in [-0.2, 0) is 4.79 Å². The number of hydrogen-bond acceptors (Lipinski definition) is 3. The molecule has 2 saturated heterocycles. The van der Waals surface area contributed by atoms with E-state index in [1.165, 1.54) is 0 Å². The second kappa shape index (κ2) is 6.96. The lowest BCUT2D eigenvalue weighted by atomic mass is 10.2.